The first-order valence-electron chi connectivity index (χ1n) is 5.10. The molecule has 5 N–H and O–H groups in total. The molecule has 0 aliphatic heterocycles. The Morgan fingerprint density at radius 3 is 3.00 bits per heavy atom. The van der Waals surface area contributed by atoms with Crippen molar-refractivity contribution in [2.24, 2.45) is 5.84 Å². The second-order valence-electron chi connectivity index (χ2n) is 3.51. The topological polar surface area (TPSA) is 65.9 Å². The minimum Gasteiger partial charge on any atom is -0.361 e. The quantitative estimate of drug-likeness (QED) is 0.364. The van der Waals surface area contributed by atoms with Crippen molar-refractivity contribution >= 4 is 28.2 Å². The van der Waals surface area contributed by atoms with E-state index in [1.54, 1.807) is 0 Å². The van der Waals surface area contributed by atoms with Gasteiger partial charge in [0.05, 0.1) is 0 Å². The smallest absolute Gasteiger partial charge is 0.180 e. The molecule has 0 aliphatic carbocycles. The Hall–Kier alpha value is -1.59. The van der Waals surface area contributed by atoms with Gasteiger partial charge < -0.3 is 15.7 Å². The summed E-state index contributed by atoms with van der Waals surface area (Å²) in [5.41, 5.74) is 4.84. The molecule has 5 heteroatoms. The van der Waals surface area contributed by atoms with Crippen molar-refractivity contribution in [3.8, 4) is 0 Å². The molecule has 0 fully saturated rings. The van der Waals surface area contributed by atoms with E-state index in [2.05, 4.69) is 27.9 Å². The third kappa shape index (κ3) is 2.32. The monoisotopic (exact) mass is 234 g/mol. The number of nitrogens with one attached hydrogen (secondary N) is 3. The third-order valence-corrected chi connectivity index (χ3v) is 2.75. The molecule has 84 valence electrons. The molecule has 0 aliphatic rings. The lowest BCUT2D eigenvalue weighted by atomic mass is 10.1. The van der Waals surface area contributed by atoms with Gasteiger partial charge in [-0.25, -0.2) is 5.84 Å². The summed E-state index contributed by atoms with van der Waals surface area (Å²) < 4.78 is 0. The van der Waals surface area contributed by atoms with Crippen LogP contribution in [0.5, 0.6) is 0 Å². The van der Waals surface area contributed by atoms with Crippen LogP contribution in [0.1, 0.15) is 5.56 Å². The highest BCUT2D eigenvalue weighted by Crippen LogP contribution is 2.17. The summed E-state index contributed by atoms with van der Waals surface area (Å²) in [6.45, 7) is 0.769. The van der Waals surface area contributed by atoms with E-state index >= 15 is 0 Å². The summed E-state index contributed by atoms with van der Waals surface area (Å²) >= 11 is 4.89. The molecule has 0 saturated heterocycles. The van der Waals surface area contributed by atoms with E-state index < -0.39 is 0 Å². The fourth-order valence-corrected chi connectivity index (χ4v) is 1.80. The number of hydrazine groups is 1. The Kier molecular flexibility index (Phi) is 3.38. The number of fused-ring (bicyclic) bond motifs is 1. The second-order valence-corrected chi connectivity index (χ2v) is 3.92. The Morgan fingerprint density at radius 2 is 2.19 bits per heavy atom. The highest BCUT2D eigenvalue weighted by molar-refractivity contribution is 7.80. The van der Waals surface area contributed by atoms with Crippen molar-refractivity contribution in [2.45, 2.75) is 6.42 Å². The lowest BCUT2D eigenvalue weighted by Gasteiger charge is -2.05. The molecule has 1 aromatic carbocycles. The van der Waals surface area contributed by atoms with E-state index in [4.69, 9.17) is 18.1 Å². The molecule has 0 saturated carbocycles. The Morgan fingerprint density at radius 1 is 1.38 bits per heavy atom. The summed E-state index contributed by atoms with van der Waals surface area (Å²) in [7, 11) is 0. The highest BCUT2D eigenvalue weighted by atomic mass is 32.1. The predicted octanol–water partition coefficient (Wildman–Crippen LogP) is 1.05. The summed E-state index contributed by atoms with van der Waals surface area (Å²) in [6.07, 6.45) is 2.94. The van der Waals surface area contributed by atoms with Gasteiger partial charge in [0.15, 0.2) is 5.11 Å². The second kappa shape index (κ2) is 4.96. The minimum atomic E-state index is 0.472. The SMILES string of the molecule is NNC(=S)NCCc1c[nH]c2ccccc12. The average molecular weight is 234 g/mol. The van der Waals surface area contributed by atoms with Crippen LogP contribution < -0.4 is 16.6 Å². The van der Waals surface area contributed by atoms with Crippen LogP contribution in [0.2, 0.25) is 0 Å². The van der Waals surface area contributed by atoms with Gasteiger partial charge in [-0.2, -0.15) is 0 Å². The molecule has 0 radical (unpaired) electrons. The van der Waals surface area contributed by atoms with Gasteiger partial charge in [-0.05, 0) is 30.3 Å². The van der Waals surface area contributed by atoms with Gasteiger partial charge in [-0.15, -0.1) is 0 Å². The maximum Gasteiger partial charge on any atom is 0.180 e. The molecular weight excluding hydrogens is 220 g/mol. The van der Waals surface area contributed by atoms with Crippen LogP contribution in [0, 0.1) is 0 Å². The molecule has 0 amide bonds. The zero-order valence-corrected chi connectivity index (χ0v) is 9.60. The number of benzene rings is 1. The largest absolute Gasteiger partial charge is 0.361 e. The minimum absolute atomic E-state index is 0.472. The van der Waals surface area contributed by atoms with Gasteiger partial charge in [-0.3, -0.25) is 0 Å². The Balaban J connectivity index is 2.02. The summed E-state index contributed by atoms with van der Waals surface area (Å²) in [4.78, 5) is 3.24. The molecule has 0 spiro atoms. The first-order valence-corrected chi connectivity index (χ1v) is 5.51. The number of para-hydroxylation sites is 1. The van der Waals surface area contributed by atoms with Crippen LogP contribution in [0.4, 0.5) is 0 Å². The van der Waals surface area contributed by atoms with Crippen molar-refractivity contribution in [3.05, 3.63) is 36.0 Å². The lowest BCUT2D eigenvalue weighted by Crippen LogP contribution is -2.40. The Labute approximate surface area is 99.2 Å². The van der Waals surface area contributed by atoms with Crippen LogP contribution in [0.25, 0.3) is 10.9 Å². The first kappa shape index (κ1) is 10.9. The van der Waals surface area contributed by atoms with E-state index in [0.717, 1.165) is 18.5 Å². The van der Waals surface area contributed by atoms with Crippen LogP contribution in [-0.2, 0) is 6.42 Å². The summed E-state index contributed by atoms with van der Waals surface area (Å²) in [6, 6.07) is 8.24. The van der Waals surface area contributed by atoms with Crippen LogP contribution in [0.3, 0.4) is 0 Å². The molecule has 2 rings (SSSR count). The zero-order chi connectivity index (χ0) is 11.4. The van der Waals surface area contributed by atoms with Gasteiger partial charge in [0.2, 0.25) is 0 Å². The van der Waals surface area contributed by atoms with Crippen molar-refractivity contribution in [1.29, 1.82) is 0 Å². The van der Waals surface area contributed by atoms with Crippen LogP contribution in [0.15, 0.2) is 30.5 Å². The standard InChI is InChI=1S/C11H14N4S/c12-15-11(16)13-6-5-8-7-14-10-4-2-1-3-9(8)10/h1-4,7,14H,5-6,12H2,(H2,13,15,16). The third-order valence-electron chi connectivity index (χ3n) is 2.49. The molecule has 0 bridgehead atoms. The molecule has 0 unspecified atom stereocenters. The fourth-order valence-electron chi connectivity index (χ4n) is 1.70. The van der Waals surface area contributed by atoms with Gasteiger partial charge in [0.25, 0.3) is 0 Å². The van der Waals surface area contributed by atoms with Crippen LogP contribution >= 0.6 is 12.2 Å². The number of hydrogen-bond acceptors (Lipinski definition) is 2. The molecule has 4 nitrogen and oxygen atoms in total. The zero-order valence-electron chi connectivity index (χ0n) is 8.79. The van der Waals surface area contributed by atoms with E-state index in [9.17, 15) is 0 Å². The van der Waals surface area contributed by atoms with Gasteiger partial charge in [0.1, 0.15) is 0 Å². The normalized spacial score (nSPS) is 10.3. The molecule has 1 heterocycles. The summed E-state index contributed by atoms with van der Waals surface area (Å²) in [5, 5.41) is 4.75. The van der Waals surface area contributed by atoms with E-state index in [-0.39, 0.29) is 0 Å². The Bertz CT molecular complexity index is 491. The molecule has 2 aromatic rings. The highest BCUT2D eigenvalue weighted by Gasteiger charge is 2.02. The molecular formula is C11H14N4S. The van der Waals surface area contributed by atoms with Gasteiger partial charge in [-0.1, -0.05) is 18.2 Å². The summed E-state index contributed by atoms with van der Waals surface area (Å²) in [5.74, 6) is 5.16. The van der Waals surface area contributed by atoms with Gasteiger partial charge >= 0.3 is 0 Å². The number of nitrogens with two attached hydrogens (primary N) is 1. The molecule has 1 aromatic heterocycles. The number of H-pyrrole nitrogens is 1. The number of hydrogen-bond donors (Lipinski definition) is 4. The number of thiocarbonyl (C=S) groups is 1. The number of rotatable bonds is 3. The van der Waals surface area contributed by atoms with E-state index in [0.29, 0.717) is 5.11 Å². The molecule has 16 heavy (non-hydrogen) atoms. The maximum atomic E-state index is 5.16. The maximum absolute atomic E-state index is 5.16. The fraction of sp³-hybridized carbons (Fsp3) is 0.182. The molecule has 0 atom stereocenters. The predicted molar refractivity (Wildman–Crippen MR) is 69.9 cm³/mol. The van der Waals surface area contributed by atoms with Crippen molar-refractivity contribution in [1.82, 2.24) is 15.7 Å². The average Bonchev–Trinajstić information content (AvgIpc) is 2.73. The van der Waals surface area contributed by atoms with E-state index in [1.807, 2.05) is 18.3 Å². The number of aromatic nitrogens is 1. The van der Waals surface area contributed by atoms with Gasteiger partial charge in [0, 0.05) is 23.6 Å². The van der Waals surface area contributed by atoms with Crippen molar-refractivity contribution < 1.29 is 0 Å². The lowest BCUT2D eigenvalue weighted by molar-refractivity contribution is 0.839. The van der Waals surface area contributed by atoms with Crippen LogP contribution in [-0.4, -0.2) is 16.6 Å². The first-order chi connectivity index (χ1) is 7.81. The van der Waals surface area contributed by atoms with E-state index in [1.165, 1.54) is 10.9 Å². The van der Waals surface area contributed by atoms with Crippen molar-refractivity contribution in [2.75, 3.05) is 6.54 Å². The number of aromatic amines is 1. The van der Waals surface area contributed by atoms with Crippen molar-refractivity contribution in [3.63, 3.8) is 0 Å².